The van der Waals surface area contributed by atoms with Gasteiger partial charge < -0.3 is 29.6 Å². The number of aromatic nitrogens is 1. The number of rotatable bonds is 15. The molecule has 3 N–H and O–H groups in total. The van der Waals surface area contributed by atoms with Crippen molar-refractivity contribution < 1.29 is 38.0 Å². The zero-order valence-corrected chi connectivity index (χ0v) is 32.0. The molecule has 0 radical (unpaired) electrons. The second kappa shape index (κ2) is 15.9. The van der Waals surface area contributed by atoms with Crippen molar-refractivity contribution in [2.45, 2.75) is 94.0 Å². The average molecular weight is 748 g/mol. The van der Waals surface area contributed by atoms with E-state index in [4.69, 9.17) is 19.5 Å². The number of phenolic OH excluding ortho intramolecular Hbond substituents is 1. The predicted octanol–water partition coefficient (Wildman–Crippen LogP) is 6.69. The molecule has 6 unspecified atom stereocenters. The Balaban J connectivity index is 1.61. The Kier molecular flexibility index (Phi) is 11.7. The monoisotopic (exact) mass is 747 g/mol. The lowest BCUT2D eigenvalue weighted by Crippen LogP contribution is -2.69. The maximum absolute atomic E-state index is 14.9. The van der Waals surface area contributed by atoms with Crippen LogP contribution in [0.4, 0.5) is 0 Å². The van der Waals surface area contributed by atoms with E-state index in [1.807, 2.05) is 32.9 Å². The van der Waals surface area contributed by atoms with Crippen molar-refractivity contribution >= 4 is 26.6 Å². The normalized spacial score (nSPS) is 26.1. The lowest BCUT2D eigenvalue weighted by molar-refractivity contribution is -0.250. The van der Waals surface area contributed by atoms with Gasteiger partial charge in [0.15, 0.2) is 0 Å². The molecule has 0 amide bonds. The van der Waals surface area contributed by atoms with Gasteiger partial charge in [-0.15, -0.1) is 6.58 Å². The number of oxime groups is 1. The summed E-state index contributed by atoms with van der Waals surface area (Å²) >= 11 is 0. The van der Waals surface area contributed by atoms with E-state index in [9.17, 15) is 23.7 Å². The van der Waals surface area contributed by atoms with Crippen LogP contribution in [0.15, 0.2) is 89.1 Å². The quantitative estimate of drug-likeness (QED) is 0.0878. The van der Waals surface area contributed by atoms with E-state index in [0.717, 1.165) is 36.8 Å². The van der Waals surface area contributed by atoms with E-state index in [-0.39, 0.29) is 54.6 Å². The lowest BCUT2D eigenvalue weighted by atomic mass is 9.55. The second-order valence-electron chi connectivity index (χ2n) is 15.4. The van der Waals surface area contributed by atoms with Crippen molar-refractivity contribution in [2.24, 2.45) is 22.9 Å². The number of fused-ring (bicyclic) bond motifs is 3. The summed E-state index contributed by atoms with van der Waals surface area (Å²) in [7, 11) is -2.67. The molecule has 11 nitrogen and oxygen atoms in total. The fraction of sp³-hybridized carbons (Fsp3) is 0.512. The van der Waals surface area contributed by atoms with Gasteiger partial charge in [-0.05, 0) is 94.2 Å². The fourth-order valence-electron chi connectivity index (χ4n) is 8.51. The average Bonchev–Trinajstić information content (AvgIpc) is 3.13. The van der Waals surface area contributed by atoms with E-state index in [0.29, 0.717) is 35.2 Å². The molecule has 2 heterocycles. The summed E-state index contributed by atoms with van der Waals surface area (Å²) in [6.07, 6.45) is 9.98. The summed E-state index contributed by atoms with van der Waals surface area (Å²) < 4.78 is 45.1. The van der Waals surface area contributed by atoms with Crippen LogP contribution in [-0.4, -0.2) is 83.0 Å². The standard InChI is InChI=1S/C41H53N3O8S/c1-6-23-50-41-36(44(5)53(48,49)35-17-11-14-27-15-12-20-42-39(27)35)26-33(43-52-40(2,3)4)31-24-28(13-7-9-21-45)30(16-8-10-22-46)37(38(31)41)32-25-29(47)18-19-34(32)51-41/h6,11-12,14-15,17-20,24-25,28,30,36-38,45-47H,1,7-10,13,16,21-23,26H2,2-5H3. The first-order chi connectivity index (χ1) is 25.4. The number of aliphatic hydroxyl groups is 2. The van der Waals surface area contributed by atoms with Crippen LogP contribution in [0.3, 0.4) is 0 Å². The molecule has 0 saturated heterocycles. The molecule has 1 aliphatic heterocycles. The highest BCUT2D eigenvalue weighted by Gasteiger charge is 2.65. The minimum Gasteiger partial charge on any atom is -0.508 e. The lowest BCUT2D eigenvalue weighted by Gasteiger charge is -2.59. The van der Waals surface area contributed by atoms with Gasteiger partial charge in [-0.1, -0.05) is 48.3 Å². The number of sulfonamides is 1. The van der Waals surface area contributed by atoms with Crippen LogP contribution in [0.2, 0.25) is 0 Å². The number of nitrogens with zero attached hydrogens (tertiary/aromatic N) is 3. The number of unbranched alkanes of at least 4 members (excludes halogenated alkanes) is 2. The molecular weight excluding hydrogens is 695 g/mol. The third kappa shape index (κ3) is 7.62. The summed E-state index contributed by atoms with van der Waals surface area (Å²) in [5.74, 6) is -1.79. The first-order valence-electron chi connectivity index (χ1n) is 18.6. The maximum Gasteiger partial charge on any atom is 0.245 e. The van der Waals surface area contributed by atoms with Crippen LogP contribution < -0.4 is 4.74 Å². The van der Waals surface area contributed by atoms with Crippen molar-refractivity contribution in [3.63, 3.8) is 0 Å². The molecule has 3 aliphatic rings. The third-order valence-electron chi connectivity index (χ3n) is 10.8. The number of ether oxygens (including phenoxy) is 2. The molecule has 12 heteroatoms. The van der Waals surface area contributed by atoms with Gasteiger partial charge in [-0.25, -0.2) is 8.42 Å². The molecule has 0 spiro atoms. The van der Waals surface area contributed by atoms with Gasteiger partial charge in [0.2, 0.25) is 15.8 Å². The van der Waals surface area contributed by atoms with Crippen LogP contribution in [-0.2, 0) is 19.6 Å². The van der Waals surface area contributed by atoms with Crippen LogP contribution in [0, 0.1) is 17.8 Å². The minimum atomic E-state index is -4.23. The van der Waals surface area contributed by atoms with Crippen molar-refractivity contribution in [1.82, 2.24) is 9.29 Å². The molecule has 1 aromatic heterocycles. The molecule has 6 atom stereocenters. The van der Waals surface area contributed by atoms with Gasteiger partial charge in [0, 0.05) is 49.7 Å². The van der Waals surface area contributed by atoms with Crippen molar-refractivity contribution in [3.8, 4) is 11.5 Å². The van der Waals surface area contributed by atoms with E-state index in [2.05, 4.69) is 17.6 Å². The molecular formula is C41H53N3O8S. The maximum atomic E-state index is 14.9. The summed E-state index contributed by atoms with van der Waals surface area (Å²) in [5.41, 5.74) is 1.99. The van der Waals surface area contributed by atoms with Crippen molar-refractivity contribution in [1.29, 1.82) is 0 Å². The van der Waals surface area contributed by atoms with Crippen LogP contribution in [0.25, 0.3) is 10.9 Å². The number of benzene rings is 2. The minimum absolute atomic E-state index is 0.00198. The molecule has 1 saturated carbocycles. The molecule has 2 aromatic carbocycles. The summed E-state index contributed by atoms with van der Waals surface area (Å²) in [6.45, 7) is 9.91. The number of aliphatic hydroxyl groups excluding tert-OH is 2. The van der Waals surface area contributed by atoms with E-state index in [1.54, 1.807) is 55.7 Å². The van der Waals surface area contributed by atoms with Crippen LogP contribution in [0.1, 0.15) is 77.2 Å². The number of phenols is 1. The zero-order valence-electron chi connectivity index (χ0n) is 31.1. The Morgan fingerprint density at radius 3 is 2.53 bits per heavy atom. The van der Waals surface area contributed by atoms with Gasteiger partial charge in [0.05, 0.1) is 29.8 Å². The number of hydrogen-bond acceptors (Lipinski definition) is 10. The largest absolute Gasteiger partial charge is 0.508 e. The summed E-state index contributed by atoms with van der Waals surface area (Å²) in [5, 5.41) is 35.9. The van der Waals surface area contributed by atoms with E-state index in [1.165, 1.54) is 4.31 Å². The second-order valence-corrected chi connectivity index (χ2v) is 17.3. The van der Waals surface area contributed by atoms with E-state index >= 15 is 0 Å². The highest BCUT2D eigenvalue weighted by molar-refractivity contribution is 7.89. The van der Waals surface area contributed by atoms with Crippen molar-refractivity contribution in [3.05, 3.63) is 84.6 Å². The topological polar surface area (TPSA) is 151 Å². The zero-order chi connectivity index (χ0) is 38.0. The fourth-order valence-corrected chi connectivity index (χ4v) is 10.0. The highest BCUT2D eigenvalue weighted by atomic mass is 32.2. The SMILES string of the molecule is C=CCOC12Oc3ccc(O)cc3C3C(CCCCO)C(CCCCO)C=C(C(=NOC(C)(C)C)CC1N(C)S(=O)(=O)c1cccc4cccnc14)C32. The third-order valence-corrected chi connectivity index (χ3v) is 12.7. The summed E-state index contributed by atoms with van der Waals surface area (Å²) in [4.78, 5) is 10.6. The summed E-state index contributed by atoms with van der Waals surface area (Å²) in [6, 6.07) is 12.8. The smallest absolute Gasteiger partial charge is 0.245 e. The van der Waals surface area contributed by atoms with Gasteiger partial charge in [-0.3, -0.25) is 4.98 Å². The van der Waals surface area contributed by atoms with Gasteiger partial charge >= 0.3 is 0 Å². The van der Waals surface area contributed by atoms with E-state index < -0.39 is 33.4 Å². The van der Waals surface area contributed by atoms with Gasteiger partial charge in [0.1, 0.15) is 22.0 Å². The van der Waals surface area contributed by atoms with Gasteiger partial charge in [0.25, 0.3) is 0 Å². The molecule has 286 valence electrons. The number of likely N-dealkylation sites (N-methyl/N-ethyl adjacent to an activating group) is 1. The number of hydrogen-bond donors (Lipinski definition) is 3. The molecule has 53 heavy (non-hydrogen) atoms. The van der Waals surface area contributed by atoms with Crippen LogP contribution in [0.5, 0.6) is 11.5 Å². The first-order valence-corrected chi connectivity index (χ1v) is 20.1. The Morgan fingerprint density at radius 2 is 1.81 bits per heavy atom. The molecule has 3 aromatic rings. The highest BCUT2D eigenvalue weighted by Crippen LogP contribution is 2.62. The van der Waals surface area contributed by atoms with Gasteiger partial charge in [-0.2, -0.15) is 4.31 Å². The predicted molar refractivity (Wildman–Crippen MR) is 204 cm³/mol. The Morgan fingerprint density at radius 1 is 1.08 bits per heavy atom. The number of allylic oxidation sites excluding steroid dienone is 1. The molecule has 1 fully saturated rings. The van der Waals surface area contributed by atoms with Crippen molar-refractivity contribution in [2.75, 3.05) is 26.9 Å². The molecule has 0 bridgehead atoms. The Bertz CT molecular complexity index is 1950. The Labute approximate surface area is 313 Å². The van der Waals surface area contributed by atoms with Crippen LogP contribution >= 0.6 is 0 Å². The first kappa shape index (κ1) is 38.9. The Hall–Kier alpha value is -3.81. The molecule has 6 rings (SSSR count). The number of pyridine rings is 1. The number of para-hydroxylation sites is 1. The number of aromatic hydroxyl groups is 1. The molecule has 2 aliphatic carbocycles.